The normalized spacial score (nSPS) is 32.1. The van der Waals surface area contributed by atoms with Gasteiger partial charge in [-0.05, 0) is 32.6 Å². The lowest BCUT2D eigenvalue weighted by molar-refractivity contribution is 0.348. The number of hydrogen-bond acceptors (Lipinski definition) is 5. The highest BCUT2D eigenvalue weighted by atomic mass is 32.2. The Hall–Kier alpha value is -0.950. The van der Waals surface area contributed by atoms with Gasteiger partial charge >= 0.3 is 0 Å². The minimum Gasteiger partial charge on any atom is -0.311 e. The lowest BCUT2D eigenvalue weighted by Crippen LogP contribution is -2.45. The molecule has 2 fully saturated rings. The SMILES string of the molecule is CC1CC(NCC2(n3ccnn3)CC2)CCS1(=O)=O. The van der Waals surface area contributed by atoms with Crippen LogP contribution in [0.25, 0.3) is 0 Å². The van der Waals surface area contributed by atoms with E-state index in [9.17, 15) is 8.42 Å². The van der Waals surface area contributed by atoms with Crippen molar-refractivity contribution in [3.05, 3.63) is 12.4 Å². The fraction of sp³-hybridized carbons (Fsp3) is 0.833. The van der Waals surface area contributed by atoms with Crippen LogP contribution < -0.4 is 5.32 Å². The summed E-state index contributed by atoms with van der Waals surface area (Å²) >= 11 is 0. The van der Waals surface area contributed by atoms with Crippen molar-refractivity contribution in [1.82, 2.24) is 20.3 Å². The maximum atomic E-state index is 11.7. The van der Waals surface area contributed by atoms with Crippen molar-refractivity contribution in [3.8, 4) is 0 Å². The summed E-state index contributed by atoms with van der Waals surface area (Å²) in [4.78, 5) is 0. The van der Waals surface area contributed by atoms with Gasteiger partial charge < -0.3 is 5.32 Å². The molecule has 2 aliphatic rings. The number of sulfone groups is 1. The molecular weight excluding hydrogens is 264 g/mol. The van der Waals surface area contributed by atoms with E-state index in [1.807, 2.05) is 17.8 Å². The second-order valence-corrected chi connectivity index (χ2v) is 8.39. The first kappa shape index (κ1) is 13.1. The molecular formula is C12H20N4O2S. The average Bonchev–Trinajstić information content (AvgIpc) is 2.95. The summed E-state index contributed by atoms with van der Waals surface area (Å²) in [5.41, 5.74) is 0.0794. The van der Waals surface area contributed by atoms with Gasteiger partial charge in [0, 0.05) is 18.8 Å². The lowest BCUT2D eigenvalue weighted by Gasteiger charge is -2.29. The van der Waals surface area contributed by atoms with E-state index in [1.165, 1.54) is 0 Å². The zero-order valence-corrected chi connectivity index (χ0v) is 11.9. The second-order valence-electron chi connectivity index (χ2n) is 5.85. The smallest absolute Gasteiger partial charge is 0.153 e. The maximum absolute atomic E-state index is 11.7. The molecule has 1 saturated heterocycles. The minimum atomic E-state index is -2.84. The Morgan fingerprint density at radius 2 is 2.26 bits per heavy atom. The molecule has 1 saturated carbocycles. The molecule has 106 valence electrons. The number of nitrogens with zero attached hydrogens (tertiary/aromatic N) is 3. The average molecular weight is 284 g/mol. The molecule has 3 rings (SSSR count). The molecule has 0 radical (unpaired) electrons. The highest BCUT2D eigenvalue weighted by molar-refractivity contribution is 7.92. The van der Waals surface area contributed by atoms with E-state index in [4.69, 9.17) is 0 Å². The Morgan fingerprint density at radius 3 is 2.84 bits per heavy atom. The fourth-order valence-electron chi connectivity index (χ4n) is 2.78. The third kappa shape index (κ3) is 2.53. The van der Waals surface area contributed by atoms with Gasteiger partial charge in [-0.2, -0.15) is 0 Å². The van der Waals surface area contributed by atoms with Gasteiger partial charge in [0.15, 0.2) is 9.84 Å². The summed E-state index contributed by atoms with van der Waals surface area (Å²) in [5, 5.41) is 11.2. The summed E-state index contributed by atoms with van der Waals surface area (Å²) < 4.78 is 25.3. The first-order chi connectivity index (χ1) is 9.02. The van der Waals surface area contributed by atoms with Gasteiger partial charge in [0.1, 0.15) is 0 Å². The van der Waals surface area contributed by atoms with Gasteiger partial charge in [-0.3, -0.25) is 0 Å². The molecule has 1 aliphatic carbocycles. The van der Waals surface area contributed by atoms with Gasteiger partial charge in [0.2, 0.25) is 0 Å². The predicted octanol–water partition coefficient (Wildman–Crippen LogP) is 0.322. The molecule has 1 N–H and O–H groups in total. The maximum Gasteiger partial charge on any atom is 0.153 e. The fourth-order valence-corrected chi connectivity index (χ4v) is 4.33. The third-order valence-electron chi connectivity index (χ3n) is 4.44. The van der Waals surface area contributed by atoms with Crippen molar-refractivity contribution in [2.45, 2.75) is 49.4 Å². The van der Waals surface area contributed by atoms with Gasteiger partial charge in [-0.15, -0.1) is 5.10 Å². The quantitative estimate of drug-likeness (QED) is 0.862. The summed E-state index contributed by atoms with van der Waals surface area (Å²) in [5.74, 6) is 0.308. The molecule has 1 aromatic rings. The van der Waals surface area contributed by atoms with Crippen LogP contribution in [0.15, 0.2) is 12.4 Å². The molecule has 19 heavy (non-hydrogen) atoms. The van der Waals surface area contributed by atoms with Crippen LogP contribution in [-0.4, -0.2) is 47.0 Å². The summed E-state index contributed by atoms with van der Waals surface area (Å²) in [7, 11) is -2.84. The number of aromatic nitrogens is 3. The van der Waals surface area contributed by atoms with Crippen LogP contribution >= 0.6 is 0 Å². The van der Waals surface area contributed by atoms with E-state index in [0.29, 0.717) is 11.8 Å². The zero-order chi connectivity index (χ0) is 13.5. The number of hydrogen-bond donors (Lipinski definition) is 1. The molecule has 1 aromatic heterocycles. The van der Waals surface area contributed by atoms with Gasteiger partial charge in [0.25, 0.3) is 0 Å². The Morgan fingerprint density at radius 1 is 1.47 bits per heavy atom. The van der Waals surface area contributed by atoms with E-state index in [0.717, 1.165) is 32.2 Å². The monoisotopic (exact) mass is 284 g/mol. The van der Waals surface area contributed by atoms with Crippen molar-refractivity contribution in [2.75, 3.05) is 12.3 Å². The van der Waals surface area contributed by atoms with Crippen molar-refractivity contribution >= 4 is 9.84 Å². The van der Waals surface area contributed by atoms with Gasteiger partial charge in [0.05, 0.1) is 22.7 Å². The first-order valence-electron chi connectivity index (χ1n) is 6.84. The van der Waals surface area contributed by atoms with Crippen molar-refractivity contribution in [2.24, 2.45) is 0 Å². The Kier molecular flexibility index (Phi) is 3.13. The lowest BCUT2D eigenvalue weighted by atomic mass is 10.1. The van der Waals surface area contributed by atoms with Crippen LogP contribution in [-0.2, 0) is 15.4 Å². The van der Waals surface area contributed by atoms with E-state index in [-0.39, 0.29) is 10.8 Å². The van der Waals surface area contributed by atoms with E-state index >= 15 is 0 Å². The van der Waals surface area contributed by atoms with Crippen LogP contribution in [0.5, 0.6) is 0 Å². The topological polar surface area (TPSA) is 76.9 Å². The van der Waals surface area contributed by atoms with E-state index in [2.05, 4.69) is 15.6 Å². The van der Waals surface area contributed by atoms with E-state index < -0.39 is 9.84 Å². The largest absolute Gasteiger partial charge is 0.311 e. The van der Waals surface area contributed by atoms with Crippen LogP contribution in [0.4, 0.5) is 0 Å². The molecule has 1 aliphatic heterocycles. The molecule has 2 heterocycles. The number of nitrogens with one attached hydrogen (secondary N) is 1. The molecule has 0 amide bonds. The van der Waals surface area contributed by atoms with Crippen molar-refractivity contribution < 1.29 is 8.42 Å². The summed E-state index contributed by atoms with van der Waals surface area (Å²) in [6.07, 6.45) is 7.28. The Labute approximate surface area is 113 Å². The predicted molar refractivity (Wildman–Crippen MR) is 71.5 cm³/mol. The summed E-state index contributed by atoms with van der Waals surface area (Å²) in [6.45, 7) is 2.67. The van der Waals surface area contributed by atoms with Gasteiger partial charge in [-0.25, -0.2) is 13.1 Å². The first-order valence-corrected chi connectivity index (χ1v) is 8.55. The molecule has 6 nitrogen and oxygen atoms in total. The molecule has 2 unspecified atom stereocenters. The highest BCUT2D eigenvalue weighted by Gasteiger charge is 2.46. The Bertz CT molecular complexity index is 536. The van der Waals surface area contributed by atoms with Crippen LogP contribution in [0.3, 0.4) is 0 Å². The molecule has 0 bridgehead atoms. The molecule has 0 aromatic carbocycles. The summed E-state index contributed by atoms with van der Waals surface area (Å²) in [6, 6.07) is 0.305. The second kappa shape index (κ2) is 4.56. The third-order valence-corrected chi connectivity index (χ3v) is 6.66. The van der Waals surface area contributed by atoms with Crippen molar-refractivity contribution in [3.63, 3.8) is 0 Å². The van der Waals surface area contributed by atoms with Crippen LogP contribution in [0, 0.1) is 0 Å². The van der Waals surface area contributed by atoms with Gasteiger partial charge in [-0.1, -0.05) is 5.21 Å². The molecule has 2 atom stereocenters. The van der Waals surface area contributed by atoms with Crippen molar-refractivity contribution in [1.29, 1.82) is 0 Å². The standard InChI is InChI=1S/C12H20N4O2S/c1-10-8-11(2-7-19(10,17)18)13-9-12(3-4-12)16-6-5-14-15-16/h5-6,10-11,13H,2-4,7-9H2,1H3. The van der Waals surface area contributed by atoms with Crippen LogP contribution in [0.2, 0.25) is 0 Å². The molecule has 7 heteroatoms. The van der Waals surface area contributed by atoms with E-state index in [1.54, 1.807) is 6.20 Å². The Balaban J connectivity index is 1.57. The molecule has 0 spiro atoms. The minimum absolute atomic E-state index is 0.0794. The number of rotatable bonds is 4. The zero-order valence-electron chi connectivity index (χ0n) is 11.1. The highest BCUT2D eigenvalue weighted by Crippen LogP contribution is 2.42. The van der Waals surface area contributed by atoms with Crippen LogP contribution in [0.1, 0.15) is 32.6 Å².